The summed E-state index contributed by atoms with van der Waals surface area (Å²) in [5.41, 5.74) is 1.32. The van der Waals surface area contributed by atoms with Crippen LogP contribution in [0.2, 0.25) is 5.02 Å². The number of fused-ring (bicyclic) bond motifs is 1. The van der Waals surface area contributed by atoms with Crippen LogP contribution in [0.15, 0.2) is 18.2 Å². The minimum Gasteiger partial charge on any atom is -0.356 e. The van der Waals surface area contributed by atoms with Crippen molar-refractivity contribution in [2.75, 3.05) is 11.9 Å². The zero-order valence-corrected chi connectivity index (χ0v) is 29.5. The molecule has 0 aliphatic heterocycles. The molecule has 3 N–H and O–H groups in total. The van der Waals surface area contributed by atoms with E-state index < -0.39 is 4.92 Å². The molecular weight excluding hydrogens is 618 g/mol. The molecule has 1 aromatic carbocycles. The summed E-state index contributed by atoms with van der Waals surface area (Å²) < 4.78 is 1.43. The first-order valence-electron chi connectivity index (χ1n) is 17.5. The number of halogens is 1. The Morgan fingerprint density at radius 3 is 2.00 bits per heavy atom. The van der Waals surface area contributed by atoms with Crippen molar-refractivity contribution in [3.63, 3.8) is 0 Å². The number of nitro benzene ring substituents is 1. The maximum atomic E-state index is 12.8. The zero-order valence-electron chi connectivity index (χ0n) is 28.8. The smallest absolute Gasteiger partial charge is 0.270 e. The van der Waals surface area contributed by atoms with E-state index in [1.807, 2.05) is 20.8 Å². The van der Waals surface area contributed by atoms with E-state index in [0.717, 1.165) is 25.0 Å². The van der Waals surface area contributed by atoms with Crippen molar-refractivity contribution in [2.24, 2.45) is 0 Å². The number of rotatable bonds is 22. The highest BCUT2D eigenvalue weighted by molar-refractivity contribution is 6.34. The first kappa shape index (κ1) is 38.0. The molecule has 0 saturated heterocycles. The Kier molecular flexibility index (Phi) is 15.7. The number of aromatic nitrogens is 4. The number of hydrogen-bond donors (Lipinski definition) is 3. The number of hydrogen-bond acceptors (Lipinski definition) is 6. The lowest BCUT2D eigenvalue weighted by molar-refractivity contribution is -0.384. The van der Waals surface area contributed by atoms with Gasteiger partial charge in [0.15, 0.2) is 11.5 Å². The predicted molar refractivity (Wildman–Crippen MR) is 189 cm³/mol. The Morgan fingerprint density at radius 2 is 1.47 bits per heavy atom. The Bertz CT molecular complexity index is 1440. The van der Waals surface area contributed by atoms with Gasteiger partial charge >= 0.3 is 0 Å². The normalized spacial score (nSPS) is 11.7. The molecule has 0 atom stereocenters. The van der Waals surface area contributed by atoms with Crippen LogP contribution in [0.1, 0.15) is 143 Å². The number of unbranched alkanes of at least 4 members (excludes halogenated alkanes) is 14. The van der Waals surface area contributed by atoms with Crippen LogP contribution in [0.3, 0.4) is 0 Å². The van der Waals surface area contributed by atoms with Crippen LogP contribution in [0.25, 0.3) is 17.0 Å². The number of aromatic amines is 1. The van der Waals surface area contributed by atoms with Crippen molar-refractivity contribution >= 4 is 40.4 Å². The quantitative estimate of drug-likeness (QED) is 0.0551. The topological polar surface area (TPSA) is 147 Å². The van der Waals surface area contributed by atoms with E-state index >= 15 is 0 Å². The van der Waals surface area contributed by atoms with E-state index in [-0.39, 0.29) is 47.3 Å². The first-order valence-corrected chi connectivity index (χ1v) is 17.9. The number of nitro groups is 1. The van der Waals surface area contributed by atoms with Gasteiger partial charge < -0.3 is 10.6 Å². The molecule has 0 spiro atoms. The van der Waals surface area contributed by atoms with E-state index in [1.54, 1.807) is 0 Å². The summed E-state index contributed by atoms with van der Waals surface area (Å²) >= 11 is 6.56. The molecule has 47 heavy (non-hydrogen) atoms. The minimum atomic E-state index is -0.518. The Balaban J connectivity index is 1.35. The second-order valence-electron chi connectivity index (χ2n) is 13.6. The average molecular weight is 672 g/mol. The fourth-order valence-corrected chi connectivity index (χ4v) is 6.07. The number of nitrogens with zero attached hydrogens (tertiary/aromatic N) is 4. The summed E-state index contributed by atoms with van der Waals surface area (Å²) in [6.07, 6.45) is 19.6. The third-order valence-corrected chi connectivity index (χ3v) is 8.76. The lowest BCUT2D eigenvalue weighted by atomic mass is 9.92. The molecule has 12 heteroatoms. The molecule has 2 aromatic heterocycles. The lowest BCUT2D eigenvalue weighted by Gasteiger charge is -2.16. The summed E-state index contributed by atoms with van der Waals surface area (Å²) in [7, 11) is 0. The average Bonchev–Trinajstić information content (AvgIpc) is 3.58. The Hall–Kier alpha value is -3.47. The van der Waals surface area contributed by atoms with E-state index in [1.165, 1.54) is 99.9 Å². The van der Waals surface area contributed by atoms with Crippen LogP contribution in [0.4, 0.5) is 11.4 Å². The number of amides is 2. The molecule has 0 radical (unpaired) electrons. The van der Waals surface area contributed by atoms with Gasteiger partial charge in [0.2, 0.25) is 11.8 Å². The molecule has 0 aliphatic rings. The maximum Gasteiger partial charge on any atom is 0.270 e. The monoisotopic (exact) mass is 671 g/mol. The van der Waals surface area contributed by atoms with Gasteiger partial charge in [-0.3, -0.25) is 24.8 Å². The maximum absolute atomic E-state index is 12.8. The molecule has 2 amide bonds. The SMILES string of the molecule is CCCCCCCCCCCCCCCCCC(=O)NCCC(=O)Nc1ccc([N+](=O)[O-])cc1-c1nc2c(Cl)c(C(C)(C)C)[nH]n2n1. The number of carbonyl (C=O) groups excluding carboxylic acids is 2. The summed E-state index contributed by atoms with van der Waals surface area (Å²) in [6, 6.07) is 4.09. The highest BCUT2D eigenvalue weighted by Gasteiger charge is 2.25. The van der Waals surface area contributed by atoms with Gasteiger partial charge in [-0.1, -0.05) is 129 Å². The van der Waals surface area contributed by atoms with Crippen LogP contribution in [-0.4, -0.2) is 43.1 Å². The highest BCUT2D eigenvalue weighted by Crippen LogP contribution is 2.34. The minimum absolute atomic E-state index is 0.0548. The molecule has 0 bridgehead atoms. The van der Waals surface area contributed by atoms with Crippen LogP contribution >= 0.6 is 11.6 Å². The van der Waals surface area contributed by atoms with Crippen molar-refractivity contribution in [3.05, 3.63) is 39.0 Å². The van der Waals surface area contributed by atoms with Crippen molar-refractivity contribution in [1.29, 1.82) is 0 Å². The first-order chi connectivity index (χ1) is 22.5. The van der Waals surface area contributed by atoms with Gasteiger partial charge in [0.1, 0.15) is 5.02 Å². The van der Waals surface area contributed by atoms with Gasteiger partial charge in [0, 0.05) is 36.9 Å². The molecule has 3 aromatic rings. The summed E-state index contributed by atoms with van der Waals surface area (Å²) in [5, 5.41) is 25.1. The van der Waals surface area contributed by atoms with E-state index in [2.05, 4.69) is 32.7 Å². The number of nitrogens with one attached hydrogen (secondary N) is 3. The van der Waals surface area contributed by atoms with Gasteiger partial charge in [-0.05, 0) is 12.5 Å². The van der Waals surface area contributed by atoms with Gasteiger partial charge in [0.05, 0.1) is 21.9 Å². The van der Waals surface area contributed by atoms with Gasteiger partial charge in [-0.25, -0.2) is 4.98 Å². The fourth-order valence-electron chi connectivity index (χ4n) is 5.62. The van der Waals surface area contributed by atoms with Crippen molar-refractivity contribution in [2.45, 2.75) is 142 Å². The molecule has 0 saturated carbocycles. The summed E-state index contributed by atoms with van der Waals surface area (Å²) in [4.78, 5) is 40.5. The molecule has 11 nitrogen and oxygen atoms in total. The van der Waals surface area contributed by atoms with Crippen molar-refractivity contribution < 1.29 is 14.5 Å². The second-order valence-corrected chi connectivity index (χ2v) is 13.9. The van der Waals surface area contributed by atoms with E-state index in [0.29, 0.717) is 22.8 Å². The van der Waals surface area contributed by atoms with Crippen LogP contribution in [0, 0.1) is 10.1 Å². The van der Waals surface area contributed by atoms with E-state index in [9.17, 15) is 19.7 Å². The molecule has 0 unspecified atom stereocenters. The van der Waals surface area contributed by atoms with Gasteiger partial charge in [-0.2, -0.15) is 4.63 Å². The predicted octanol–water partition coefficient (Wildman–Crippen LogP) is 9.29. The third kappa shape index (κ3) is 12.6. The van der Waals surface area contributed by atoms with Crippen molar-refractivity contribution in [3.8, 4) is 11.4 Å². The summed E-state index contributed by atoms with van der Waals surface area (Å²) in [6.45, 7) is 8.46. The molecule has 2 heterocycles. The molecular formula is C35H54ClN7O4. The molecule has 0 aliphatic carbocycles. The van der Waals surface area contributed by atoms with Crippen LogP contribution in [-0.2, 0) is 15.0 Å². The van der Waals surface area contributed by atoms with E-state index in [4.69, 9.17) is 11.6 Å². The highest BCUT2D eigenvalue weighted by atomic mass is 35.5. The largest absolute Gasteiger partial charge is 0.356 e. The Labute approximate surface area is 284 Å². The van der Waals surface area contributed by atoms with Crippen molar-refractivity contribution in [1.82, 2.24) is 25.1 Å². The van der Waals surface area contributed by atoms with Crippen LogP contribution in [0.5, 0.6) is 0 Å². The molecule has 0 fully saturated rings. The zero-order chi connectivity index (χ0) is 34.2. The number of H-pyrrole nitrogens is 1. The third-order valence-electron chi connectivity index (χ3n) is 8.40. The number of carbonyl (C=O) groups is 2. The second kappa shape index (κ2) is 19.4. The number of anilines is 1. The van der Waals surface area contributed by atoms with Gasteiger partial charge in [-0.15, -0.1) is 5.10 Å². The number of non-ortho nitro benzene ring substituents is 1. The van der Waals surface area contributed by atoms with Gasteiger partial charge in [0.25, 0.3) is 5.69 Å². The summed E-state index contributed by atoms with van der Waals surface area (Å²) in [5.74, 6) is -0.230. The number of benzene rings is 1. The van der Waals surface area contributed by atoms with Crippen LogP contribution < -0.4 is 10.6 Å². The molecule has 260 valence electrons. The molecule has 3 rings (SSSR count). The fraction of sp³-hybridized carbons (Fsp3) is 0.657. The lowest BCUT2D eigenvalue weighted by Crippen LogP contribution is -2.27. The Morgan fingerprint density at radius 1 is 0.894 bits per heavy atom. The standard InChI is InChI=1S/C35H54ClN7O4/c1-5-6-7-8-9-10-11-12-13-14-15-16-17-18-19-20-29(44)37-24-23-30(45)38-28-22-21-26(43(46)47)25-27(28)33-39-34-31(36)32(35(2,3)4)40-42(34)41-33/h21-22,25,40H,5-20,23-24H2,1-4H3,(H,37,44)(H,38,45).